The smallest absolute Gasteiger partial charge is 0.148 e. The number of hydrogen-bond acceptors (Lipinski definition) is 8. The molecule has 6 rings (SSSR count). The second-order valence-electron chi connectivity index (χ2n) is 10.7. The molecule has 0 radical (unpaired) electrons. The Morgan fingerprint density at radius 2 is 1.87 bits per heavy atom. The molecule has 1 saturated heterocycles. The number of rotatable bonds is 7. The molecule has 1 aliphatic carbocycles. The number of pyridine rings is 1. The zero-order chi connectivity index (χ0) is 27.0. The second-order valence-corrected chi connectivity index (χ2v) is 11.1. The van der Waals surface area contributed by atoms with E-state index in [2.05, 4.69) is 56.8 Å². The first-order valence-electron chi connectivity index (χ1n) is 13.5. The summed E-state index contributed by atoms with van der Waals surface area (Å²) in [7, 11) is 2.05. The molecule has 2 aromatic carbocycles. The molecule has 11 heteroatoms. The summed E-state index contributed by atoms with van der Waals surface area (Å²) in [6, 6.07) is 13.1. The molecule has 4 N–H and O–H groups in total. The van der Waals surface area contributed by atoms with E-state index >= 15 is 0 Å². The molecule has 0 bridgehead atoms. The Bertz CT molecular complexity index is 1450. The van der Waals surface area contributed by atoms with E-state index in [-0.39, 0.29) is 5.82 Å². The topological polar surface area (TPSA) is 91.3 Å². The normalized spacial score (nSPS) is 19.5. The molecule has 3 heterocycles. The standard InChI is InChI=1S/C28H31BClFN8/c29-28(19-5-7-20(31)8-6-19,25-17-39(37-35-25)22-9-10-22)34-21-13-23-26(36-38-11-3-1-2-4-12-38)18(15-32)16-33-27(23)24(30)14-21/h5-8,13-14,16-17,22,34-35,37H,1-4,9-12,29H2,(H,33,36). The number of aromatic nitrogens is 1. The lowest BCUT2D eigenvalue weighted by Crippen LogP contribution is -2.45. The van der Waals surface area contributed by atoms with Gasteiger partial charge in [0, 0.05) is 42.6 Å². The number of nitrogens with zero attached hydrogens (tertiary/aromatic N) is 4. The second kappa shape index (κ2) is 10.6. The van der Waals surface area contributed by atoms with E-state index in [1.54, 1.807) is 18.3 Å². The third kappa shape index (κ3) is 5.22. The molecular formula is C28H31BClFN8. The van der Waals surface area contributed by atoms with Gasteiger partial charge in [-0.05, 0) is 55.5 Å². The van der Waals surface area contributed by atoms with E-state index in [0.717, 1.165) is 61.1 Å². The van der Waals surface area contributed by atoms with Crippen LogP contribution in [0.5, 0.6) is 0 Å². The SMILES string of the molecule is BC(Nc1cc(Cl)c2ncc(C#N)c(NN3CCCCCC3)c2c1)(C1=CN(C2CC2)NN1)c1ccc(F)cc1. The molecule has 2 fully saturated rings. The van der Waals surface area contributed by atoms with Crippen molar-refractivity contribution in [3.8, 4) is 6.07 Å². The Balaban J connectivity index is 1.42. The molecule has 0 amide bonds. The number of halogens is 2. The molecule has 39 heavy (non-hydrogen) atoms. The Morgan fingerprint density at radius 1 is 1.13 bits per heavy atom. The first-order valence-corrected chi connectivity index (χ1v) is 13.9. The van der Waals surface area contributed by atoms with Crippen LogP contribution in [0.15, 0.2) is 54.5 Å². The molecule has 8 nitrogen and oxygen atoms in total. The van der Waals surface area contributed by atoms with E-state index in [1.165, 1.54) is 25.0 Å². The van der Waals surface area contributed by atoms with Crippen molar-refractivity contribution in [2.75, 3.05) is 23.8 Å². The van der Waals surface area contributed by atoms with Crippen molar-refractivity contribution in [1.29, 1.82) is 5.26 Å². The number of hydrogen-bond donors (Lipinski definition) is 4. The Morgan fingerprint density at radius 3 is 2.56 bits per heavy atom. The number of nitriles is 1. The van der Waals surface area contributed by atoms with E-state index in [1.807, 2.05) is 12.1 Å². The van der Waals surface area contributed by atoms with Gasteiger partial charge < -0.3 is 16.2 Å². The van der Waals surface area contributed by atoms with Crippen molar-refractivity contribution < 1.29 is 4.39 Å². The summed E-state index contributed by atoms with van der Waals surface area (Å²) >= 11 is 6.80. The summed E-state index contributed by atoms with van der Waals surface area (Å²) in [4.78, 5) is 4.52. The van der Waals surface area contributed by atoms with Gasteiger partial charge in [0.25, 0.3) is 0 Å². The average Bonchev–Trinajstić information content (AvgIpc) is 3.71. The van der Waals surface area contributed by atoms with Gasteiger partial charge in [-0.1, -0.05) is 36.6 Å². The zero-order valence-electron chi connectivity index (χ0n) is 21.9. The fourth-order valence-corrected chi connectivity index (χ4v) is 5.64. The van der Waals surface area contributed by atoms with E-state index in [4.69, 9.17) is 11.6 Å². The molecule has 1 saturated carbocycles. The van der Waals surface area contributed by atoms with Crippen LogP contribution in [-0.4, -0.2) is 42.0 Å². The van der Waals surface area contributed by atoms with Crippen LogP contribution in [0.25, 0.3) is 10.9 Å². The number of hydrazine groups is 3. The molecule has 2 aliphatic heterocycles. The predicted octanol–water partition coefficient (Wildman–Crippen LogP) is 4.33. The van der Waals surface area contributed by atoms with E-state index in [9.17, 15) is 9.65 Å². The molecule has 200 valence electrons. The predicted molar refractivity (Wildman–Crippen MR) is 155 cm³/mol. The monoisotopic (exact) mass is 544 g/mol. The van der Waals surface area contributed by atoms with Gasteiger partial charge in [0.05, 0.1) is 32.9 Å². The van der Waals surface area contributed by atoms with Gasteiger partial charge >= 0.3 is 0 Å². The number of fused-ring (bicyclic) bond motifs is 1. The van der Waals surface area contributed by atoms with Gasteiger partial charge in [0.1, 0.15) is 19.7 Å². The van der Waals surface area contributed by atoms with Crippen LogP contribution in [0, 0.1) is 17.1 Å². The highest BCUT2D eigenvalue weighted by molar-refractivity contribution is 6.36. The number of benzene rings is 2. The third-order valence-corrected chi connectivity index (χ3v) is 8.09. The lowest BCUT2D eigenvalue weighted by atomic mass is 9.69. The lowest BCUT2D eigenvalue weighted by molar-refractivity contribution is 0.260. The molecule has 1 aromatic heterocycles. The van der Waals surface area contributed by atoms with E-state index in [0.29, 0.717) is 27.8 Å². The summed E-state index contributed by atoms with van der Waals surface area (Å²) in [6.07, 6.45) is 10.6. The van der Waals surface area contributed by atoms with Crippen LogP contribution >= 0.6 is 11.6 Å². The molecule has 3 aromatic rings. The van der Waals surface area contributed by atoms with Crippen LogP contribution in [0.2, 0.25) is 5.02 Å². The minimum absolute atomic E-state index is 0.291. The fourth-order valence-electron chi connectivity index (χ4n) is 5.38. The highest BCUT2D eigenvalue weighted by Gasteiger charge is 2.38. The van der Waals surface area contributed by atoms with Gasteiger partial charge in [-0.15, -0.1) is 5.53 Å². The van der Waals surface area contributed by atoms with Crippen LogP contribution in [0.4, 0.5) is 15.8 Å². The summed E-state index contributed by atoms with van der Waals surface area (Å²) in [5.74, 6) is -0.291. The Hall–Kier alpha value is -3.52. The maximum absolute atomic E-state index is 13.9. The number of nitrogens with one attached hydrogen (secondary N) is 4. The van der Waals surface area contributed by atoms with Crippen molar-refractivity contribution in [2.45, 2.75) is 50.0 Å². The minimum atomic E-state index is -0.750. The third-order valence-electron chi connectivity index (χ3n) is 7.80. The van der Waals surface area contributed by atoms with Crippen LogP contribution in [0.3, 0.4) is 0 Å². The highest BCUT2D eigenvalue weighted by atomic mass is 35.5. The van der Waals surface area contributed by atoms with E-state index < -0.39 is 5.44 Å². The lowest BCUT2D eigenvalue weighted by Gasteiger charge is -2.34. The molecular weight excluding hydrogens is 514 g/mol. The van der Waals surface area contributed by atoms with Gasteiger partial charge in [0.15, 0.2) is 0 Å². The van der Waals surface area contributed by atoms with Crippen LogP contribution in [-0.2, 0) is 5.44 Å². The zero-order valence-corrected chi connectivity index (χ0v) is 22.7. The Kier molecular flexibility index (Phi) is 6.98. The molecule has 1 atom stereocenters. The van der Waals surface area contributed by atoms with Crippen molar-refractivity contribution >= 4 is 41.7 Å². The fraction of sp³-hybridized carbons (Fsp3) is 0.357. The molecule has 3 aliphatic rings. The Labute approximate surface area is 233 Å². The summed E-state index contributed by atoms with van der Waals surface area (Å²) < 4.78 is 13.9. The van der Waals surface area contributed by atoms with Crippen molar-refractivity contribution in [1.82, 2.24) is 26.0 Å². The largest absolute Gasteiger partial charge is 0.378 e. The maximum Gasteiger partial charge on any atom is 0.148 e. The van der Waals surface area contributed by atoms with Crippen molar-refractivity contribution in [3.05, 3.63) is 76.5 Å². The molecule has 1 unspecified atom stereocenters. The molecule has 0 spiro atoms. The maximum atomic E-state index is 13.9. The average molecular weight is 545 g/mol. The quantitative estimate of drug-likeness (QED) is 0.327. The van der Waals surface area contributed by atoms with Crippen molar-refractivity contribution in [2.24, 2.45) is 0 Å². The highest BCUT2D eigenvalue weighted by Crippen LogP contribution is 2.38. The minimum Gasteiger partial charge on any atom is -0.378 e. The van der Waals surface area contributed by atoms with Crippen molar-refractivity contribution in [3.63, 3.8) is 0 Å². The summed E-state index contributed by atoms with van der Waals surface area (Å²) in [6.45, 7) is 1.82. The van der Waals surface area contributed by atoms with Gasteiger partial charge in [0.2, 0.25) is 0 Å². The number of anilines is 2. The summed E-state index contributed by atoms with van der Waals surface area (Å²) in [5.41, 5.74) is 13.7. The van der Waals surface area contributed by atoms with Gasteiger partial charge in [-0.3, -0.25) is 9.99 Å². The first kappa shape index (κ1) is 25.7. The van der Waals surface area contributed by atoms with Gasteiger partial charge in [-0.2, -0.15) is 5.26 Å². The first-order chi connectivity index (χ1) is 18.9. The van der Waals surface area contributed by atoms with Gasteiger partial charge in [-0.25, -0.2) is 9.40 Å². The van der Waals surface area contributed by atoms with Crippen LogP contribution in [0.1, 0.15) is 49.7 Å². The summed E-state index contributed by atoms with van der Waals surface area (Å²) in [5, 5.41) is 19.1. The van der Waals surface area contributed by atoms with Crippen LogP contribution < -0.4 is 21.7 Å².